The monoisotopic (exact) mass is 195 g/mol. The third kappa shape index (κ3) is 2.25. The first-order valence-electron chi connectivity index (χ1n) is 4.77. The summed E-state index contributed by atoms with van der Waals surface area (Å²) in [6.07, 6.45) is 6.29. The molecular weight excluding hydrogens is 182 g/mol. The van der Waals surface area contributed by atoms with Gasteiger partial charge in [-0.05, 0) is 19.3 Å². The normalized spacial score (nSPS) is 16.0. The lowest BCUT2D eigenvalue weighted by atomic mass is 9.96. The molecule has 0 bridgehead atoms. The maximum atomic E-state index is 11.2. The van der Waals surface area contributed by atoms with E-state index in [1.54, 1.807) is 12.4 Å². The molecule has 0 aromatic carbocycles. The average Bonchev–Trinajstić information content (AvgIpc) is 2.60. The molecule has 0 aliphatic heterocycles. The van der Waals surface area contributed by atoms with Crippen LogP contribution in [-0.4, -0.2) is 22.2 Å². The number of amides is 1. The summed E-state index contributed by atoms with van der Waals surface area (Å²) in [5.74, 6) is 0.732. The second-order valence-electron chi connectivity index (χ2n) is 3.35. The van der Waals surface area contributed by atoms with Crippen molar-refractivity contribution in [3.63, 3.8) is 0 Å². The van der Waals surface area contributed by atoms with Crippen LogP contribution in [0.2, 0.25) is 0 Å². The molecule has 5 heteroatoms. The standard InChI is InChI=1S/C9H13N3O2/c13-9(14-7-2-1-3-7)12-6-8-10-4-5-11-8/h4-5,7H,1-3,6H2,(H,10,11)(H,12,13). The van der Waals surface area contributed by atoms with Crippen LogP contribution in [0.4, 0.5) is 4.79 Å². The van der Waals surface area contributed by atoms with Crippen LogP contribution in [-0.2, 0) is 11.3 Å². The summed E-state index contributed by atoms with van der Waals surface area (Å²) < 4.78 is 5.09. The Morgan fingerprint density at radius 1 is 1.71 bits per heavy atom. The molecule has 2 rings (SSSR count). The molecule has 0 saturated heterocycles. The van der Waals surface area contributed by atoms with Crippen LogP contribution >= 0.6 is 0 Å². The molecule has 1 aromatic rings. The lowest BCUT2D eigenvalue weighted by Crippen LogP contribution is -2.32. The van der Waals surface area contributed by atoms with Gasteiger partial charge in [0.25, 0.3) is 0 Å². The second-order valence-corrected chi connectivity index (χ2v) is 3.35. The van der Waals surface area contributed by atoms with E-state index in [9.17, 15) is 4.79 Å². The maximum absolute atomic E-state index is 11.2. The van der Waals surface area contributed by atoms with Crippen LogP contribution in [0, 0.1) is 0 Å². The first-order valence-corrected chi connectivity index (χ1v) is 4.77. The van der Waals surface area contributed by atoms with Crippen molar-refractivity contribution < 1.29 is 9.53 Å². The highest BCUT2D eigenvalue weighted by molar-refractivity contribution is 5.67. The fourth-order valence-corrected chi connectivity index (χ4v) is 1.23. The van der Waals surface area contributed by atoms with Crippen LogP contribution in [0.5, 0.6) is 0 Å². The molecule has 1 aliphatic carbocycles. The van der Waals surface area contributed by atoms with E-state index < -0.39 is 0 Å². The molecule has 0 atom stereocenters. The van der Waals surface area contributed by atoms with Crippen LogP contribution in [0.1, 0.15) is 25.1 Å². The van der Waals surface area contributed by atoms with Gasteiger partial charge in [-0.2, -0.15) is 0 Å². The molecule has 76 valence electrons. The van der Waals surface area contributed by atoms with E-state index in [-0.39, 0.29) is 12.2 Å². The van der Waals surface area contributed by atoms with Gasteiger partial charge in [0, 0.05) is 12.4 Å². The van der Waals surface area contributed by atoms with Gasteiger partial charge in [0.1, 0.15) is 11.9 Å². The maximum Gasteiger partial charge on any atom is 0.407 e. The fraction of sp³-hybridized carbons (Fsp3) is 0.556. The zero-order valence-corrected chi connectivity index (χ0v) is 7.82. The number of hydrogen-bond donors (Lipinski definition) is 2. The number of H-pyrrole nitrogens is 1. The molecule has 1 aliphatic rings. The Morgan fingerprint density at radius 3 is 3.14 bits per heavy atom. The zero-order chi connectivity index (χ0) is 9.80. The van der Waals surface area contributed by atoms with Crippen molar-refractivity contribution in [3.8, 4) is 0 Å². The SMILES string of the molecule is O=C(NCc1ncc[nH]1)OC1CCC1. The van der Waals surface area contributed by atoms with E-state index in [0.29, 0.717) is 6.54 Å². The molecule has 1 fully saturated rings. The molecule has 0 unspecified atom stereocenters. The number of imidazole rings is 1. The van der Waals surface area contributed by atoms with E-state index in [1.807, 2.05) is 0 Å². The van der Waals surface area contributed by atoms with E-state index in [1.165, 1.54) is 0 Å². The van der Waals surface area contributed by atoms with Crippen molar-refractivity contribution in [1.82, 2.24) is 15.3 Å². The van der Waals surface area contributed by atoms with Crippen LogP contribution in [0.25, 0.3) is 0 Å². The second kappa shape index (κ2) is 4.13. The van der Waals surface area contributed by atoms with Gasteiger partial charge in [-0.3, -0.25) is 0 Å². The molecule has 0 spiro atoms. The highest BCUT2D eigenvalue weighted by Crippen LogP contribution is 2.21. The van der Waals surface area contributed by atoms with Crippen LogP contribution in [0.15, 0.2) is 12.4 Å². The number of carbonyl (C=O) groups excluding carboxylic acids is 1. The number of aromatic amines is 1. The van der Waals surface area contributed by atoms with Gasteiger partial charge in [0.05, 0.1) is 6.54 Å². The quantitative estimate of drug-likeness (QED) is 0.761. The summed E-state index contributed by atoms with van der Waals surface area (Å²) in [6, 6.07) is 0. The molecule has 0 radical (unpaired) electrons. The first-order chi connectivity index (χ1) is 6.84. The van der Waals surface area contributed by atoms with E-state index in [2.05, 4.69) is 15.3 Å². The Labute approximate surface area is 81.9 Å². The molecule has 5 nitrogen and oxygen atoms in total. The highest BCUT2D eigenvalue weighted by Gasteiger charge is 2.21. The van der Waals surface area contributed by atoms with Crippen LogP contribution in [0.3, 0.4) is 0 Å². The number of carbonyl (C=O) groups is 1. The van der Waals surface area contributed by atoms with Gasteiger partial charge in [-0.1, -0.05) is 0 Å². The number of nitrogens with zero attached hydrogens (tertiary/aromatic N) is 1. The molecular formula is C9H13N3O2. The van der Waals surface area contributed by atoms with Crippen molar-refractivity contribution >= 4 is 6.09 Å². The predicted octanol–water partition coefficient (Wildman–Crippen LogP) is 1.19. The number of alkyl carbamates (subject to hydrolysis) is 1. The molecule has 1 saturated carbocycles. The Balaban J connectivity index is 1.67. The van der Waals surface area contributed by atoms with E-state index in [0.717, 1.165) is 25.1 Å². The van der Waals surface area contributed by atoms with Crippen molar-refractivity contribution in [2.75, 3.05) is 0 Å². The van der Waals surface area contributed by atoms with Gasteiger partial charge in [0.15, 0.2) is 0 Å². The molecule has 1 heterocycles. The summed E-state index contributed by atoms with van der Waals surface area (Å²) in [5.41, 5.74) is 0. The van der Waals surface area contributed by atoms with Crippen molar-refractivity contribution in [1.29, 1.82) is 0 Å². The van der Waals surface area contributed by atoms with Crippen molar-refractivity contribution in [2.24, 2.45) is 0 Å². The fourth-order valence-electron chi connectivity index (χ4n) is 1.23. The highest BCUT2D eigenvalue weighted by atomic mass is 16.6. The lowest BCUT2D eigenvalue weighted by Gasteiger charge is -2.24. The Morgan fingerprint density at radius 2 is 2.57 bits per heavy atom. The van der Waals surface area contributed by atoms with E-state index >= 15 is 0 Å². The predicted molar refractivity (Wildman–Crippen MR) is 49.5 cm³/mol. The first kappa shape index (κ1) is 9.05. The van der Waals surface area contributed by atoms with Crippen molar-refractivity contribution in [3.05, 3.63) is 18.2 Å². The topological polar surface area (TPSA) is 67.0 Å². The minimum atomic E-state index is -0.355. The van der Waals surface area contributed by atoms with Gasteiger partial charge in [0.2, 0.25) is 0 Å². The van der Waals surface area contributed by atoms with Gasteiger partial charge in [-0.25, -0.2) is 9.78 Å². The third-order valence-corrected chi connectivity index (χ3v) is 2.28. The van der Waals surface area contributed by atoms with Gasteiger partial charge in [-0.15, -0.1) is 0 Å². The zero-order valence-electron chi connectivity index (χ0n) is 7.82. The number of rotatable bonds is 3. The minimum absolute atomic E-state index is 0.131. The Hall–Kier alpha value is -1.52. The summed E-state index contributed by atoms with van der Waals surface area (Å²) in [4.78, 5) is 18.0. The number of nitrogens with one attached hydrogen (secondary N) is 2. The van der Waals surface area contributed by atoms with E-state index in [4.69, 9.17) is 4.74 Å². The minimum Gasteiger partial charge on any atom is -0.446 e. The smallest absolute Gasteiger partial charge is 0.407 e. The van der Waals surface area contributed by atoms with Crippen molar-refractivity contribution in [2.45, 2.75) is 31.9 Å². The molecule has 2 N–H and O–H groups in total. The summed E-state index contributed by atoms with van der Waals surface area (Å²) >= 11 is 0. The number of ether oxygens (including phenoxy) is 1. The Kier molecular flexibility index (Phi) is 2.67. The molecule has 1 aromatic heterocycles. The third-order valence-electron chi connectivity index (χ3n) is 2.28. The van der Waals surface area contributed by atoms with Gasteiger partial charge < -0.3 is 15.0 Å². The lowest BCUT2D eigenvalue weighted by molar-refractivity contribution is 0.0521. The van der Waals surface area contributed by atoms with Gasteiger partial charge >= 0.3 is 6.09 Å². The average molecular weight is 195 g/mol. The summed E-state index contributed by atoms with van der Waals surface area (Å²) in [7, 11) is 0. The summed E-state index contributed by atoms with van der Waals surface area (Å²) in [5, 5.41) is 2.63. The summed E-state index contributed by atoms with van der Waals surface area (Å²) in [6.45, 7) is 0.387. The molecule has 14 heavy (non-hydrogen) atoms. The number of aromatic nitrogens is 2. The molecule has 1 amide bonds. The Bertz CT molecular complexity index is 293. The van der Waals surface area contributed by atoms with Crippen LogP contribution < -0.4 is 5.32 Å². The number of hydrogen-bond acceptors (Lipinski definition) is 3. The largest absolute Gasteiger partial charge is 0.446 e.